The van der Waals surface area contributed by atoms with Gasteiger partial charge >= 0.3 is 0 Å². The van der Waals surface area contributed by atoms with Gasteiger partial charge in [-0.1, -0.05) is 29.0 Å². The molecule has 1 saturated heterocycles. The number of hydrogen-bond acceptors (Lipinski definition) is 4. The van der Waals surface area contributed by atoms with Gasteiger partial charge in [0, 0.05) is 36.9 Å². The van der Waals surface area contributed by atoms with Gasteiger partial charge in [0.15, 0.2) is 5.13 Å². The molecule has 0 radical (unpaired) electrons. The Morgan fingerprint density at radius 1 is 0.958 bits per heavy atom. The van der Waals surface area contributed by atoms with E-state index in [1.165, 1.54) is 21.5 Å². The second-order valence-corrected chi connectivity index (χ2v) is 7.82. The molecule has 4 rings (SSSR count). The van der Waals surface area contributed by atoms with Crippen LogP contribution in [0.2, 0.25) is 5.02 Å². The van der Waals surface area contributed by atoms with Crippen molar-refractivity contribution < 1.29 is 0 Å². The summed E-state index contributed by atoms with van der Waals surface area (Å²) < 4.78 is 1.29. The van der Waals surface area contributed by atoms with E-state index in [-0.39, 0.29) is 0 Å². The molecule has 0 unspecified atom stereocenters. The SMILES string of the molecule is Cc1cc(C)c2nc(N3CCN(c4ccc(Cl)cc4)CC3)sc2c1. The summed E-state index contributed by atoms with van der Waals surface area (Å²) in [6.45, 7) is 8.32. The first-order chi connectivity index (χ1) is 11.6. The standard InChI is InChI=1S/C19H20ClN3S/c1-13-11-14(2)18-17(12-13)24-19(21-18)23-9-7-22(8-10-23)16-5-3-15(20)4-6-16/h3-6,11-12H,7-10H2,1-2H3. The number of rotatable bonds is 2. The van der Waals surface area contributed by atoms with Crippen molar-refractivity contribution in [2.24, 2.45) is 0 Å². The van der Waals surface area contributed by atoms with Crippen molar-refractivity contribution in [2.75, 3.05) is 36.0 Å². The number of aryl methyl sites for hydroxylation is 2. The Bertz CT molecular complexity index is 864. The quantitative estimate of drug-likeness (QED) is 0.650. The molecule has 2 aromatic carbocycles. The molecule has 3 aromatic rings. The molecule has 3 nitrogen and oxygen atoms in total. The number of aromatic nitrogens is 1. The highest BCUT2D eigenvalue weighted by molar-refractivity contribution is 7.22. The zero-order valence-electron chi connectivity index (χ0n) is 13.9. The Morgan fingerprint density at radius 3 is 2.33 bits per heavy atom. The largest absolute Gasteiger partial charge is 0.368 e. The predicted molar refractivity (Wildman–Crippen MR) is 105 cm³/mol. The lowest BCUT2D eigenvalue weighted by molar-refractivity contribution is 0.652. The van der Waals surface area contributed by atoms with Gasteiger partial charge in [0.25, 0.3) is 0 Å². The molecule has 5 heteroatoms. The van der Waals surface area contributed by atoms with Crippen LogP contribution in [0.1, 0.15) is 11.1 Å². The molecule has 0 saturated carbocycles. The third-order valence-corrected chi connectivity index (χ3v) is 5.88. The smallest absolute Gasteiger partial charge is 0.186 e. The average molecular weight is 358 g/mol. The van der Waals surface area contributed by atoms with E-state index in [0.29, 0.717) is 0 Å². The van der Waals surface area contributed by atoms with E-state index in [1.54, 1.807) is 0 Å². The first kappa shape index (κ1) is 15.7. The van der Waals surface area contributed by atoms with Crippen molar-refractivity contribution in [1.29, 1.82) is 0 Å². The first-order valence-electron chi connectivity index (χ1n) is 8.23. The number of anilines is 2. The van der Waals surface area contributed by atoms with Gasteiger partial charge in [0.2, 0.25) is 0 Å². The Morgan fingerprint density at radius 2 is 1.62 bits per heavy atom. The Hall–Kier alpha value is -1.78. The second kappa shape index (κ2) is 6.26. The summed E-state index contributed by atoms with van der Waals surface area (Å²) in [6, 6.07) is 12.6. The highest BCUT2D eigenvalue weighted by Crippen LogP contribution is 2.32. The molecule has 0 aliphatic carbocycles. The van der Waals surface area contributed by atoms with Gasteiger partial charge in [-0.25, -0.2) is 4.98 Å². The van der Waals surface area contributed by atoms with Gasteiger partial charge in [0.05, 0.1) is 10.2 Å². The van der Waals surface area contributed by atoms with Crippen LogP contribution in [0.4, 0.5) is 10.8 Å². The summed E-state index contributed by atoms with van der Waals surface area (Å²) in [6.07, 6.45) is 0. The summed E-state index contributed by atoms with van der Waals surface area (Å²) in [5, 5.41) is 1.94. The molecule has 0 N–H and O–H groups in total. The predicted octanol–water partition coefficient (Wildman–Crippen LogP) is 4.89. The van der Waals surface area contributed by atoms with Crippen LogP contribution in [0, 0.1) is 13.8 Å². The fourth-order valence-corrected chi connectivity index (χ4v) is 4.62. The maximum Gasteiger partial charge on any atom is 0.186 e. The monoisotopic (exact) mass is 357 g/mol. The van der Waals surface area contributed by atoms with Gasteiger partial charge < -0.3 is 9.80 Å². The maximum absolute atomic E-state index is 5.98. The summed E-state index contributed by atoms with van der Waals surface area (Å²) in [7, 11) is 0. The molecule has 124 valence electrons. The van der Waals surface area contributed by atoms with Crippen LogP contribution < -0.4 is 9.80 Å². The van der Waals surface area contributed by atoms with Crippen LogP contribution in [-0.2, 0) is 0 Å². The Labute approximate surface area is 151 Å². The normalized spacial score (nSPS) is 15.3. The molecule has 1 aromatic heterocycles. The third kappa shape index (κ3) is 2.96. The maximum atomic E-state index is 5.98. The van der Waals surface area contributed by atoms with E-state index in [9.17, 15) is 0 Å². The van der Waals surface area contributed by atoms with Crippen LogP contribution in [0.15, 0.2) is 36.4 Å². The van der Waals surface area contributed by atoms with Gasteiger partial charge in [-0.15, -0.1) is 0 Å². The third-order valence-electron chi connectivity index (χ3n) is 4.56. The van der Waals surface area contributed by atoms with Crippen LogP contribution in [0.5, 0.6) is 0 Å². The van der Waals surface area contributed by atoms with Crippen LogP contribution >= 0.6 is 22.9 Å². The van der Waals surface area contributed by atoms with Crippen molar-refractivity contribution in [2.45, 2.75) is 13.8 Å². The van der Waals surface area contributed by atoms with Gasteiger partial charge in [0.1, 0.15) is 0 Å². The minimum absolute atomic E-state index is 0.789. The Balaban J connectivity index is 1.51. The molecule has 2 heterocycles. The van der Waals surface area contributed by atoms with Crippen molar-refractivity contribution in [3.8, 4) is 0 Å². The first-order valence-corrected chi connectivity index (χ1v) is 9.43. The molecular weight excluding hydrogens is 338 g/mol. The summed E-state index contributed by atoms with van der Waals surface area (Å²) in [5.74, 6) is 0. The molecule has 0 bridgehead atoms. The molecule has 1 aliphatic heterocycles. The fourth-order valence-electron chi connectivity index (χ4n) is 3.30. The number of piperazine rings is 1. The van der Waals surface area contributed by atoms with Gasteiger partial charge in [-0.05, 0) is 55.3 Å². The highest BCUT2D eigenvalue weighted by Gasteiger charge is 2.20. The number of hydrogen-bond donors (Lipinski definition) is 0. The van der Waals surface area contributed by atoms with E-state index in [4.69, 9.17) is 16.6 Å². The van der Waals surface area contributed by atoms with Crippen molar-refractivity contribution >= 4 is 44.0 Å². The number of fused-ring (bicyclic) bond motifs is 1. The number of nitrogens with zero attached hydrogens (tertiary/aromatic N) is 3. The van der Waals surface area contributed by atoms with E-state index < -0.39 is 0 Å². The summed E-state index contributed by atoms with van der Waals surface area (Å²) in [4.78, 5) is 9.72. The average Bonchev–Trinajstić information content (AvgIpc) is 3.00. The minimum Gasteiger partial charge on any atom is -0.368 e. The molecular formula is C19H20ClN3S. The summed E-state index contributed by atoms with van der Waals surface area (Å²) in [5.41, 5.74) is 4.98. The number of benzene rings is 2. The molecule has 0 spiro atoms. The van der Waals surface area contributed by atoms with E-state index in [0.717, 1.165) is 41.8 Å². The van der Waals surface area contributed by atoms with Crippen molar-refractivity contribution in [1.82, 2.24) is 4.98 Å². The van der Waals surface area contributed by atoms with Gasteiger partial charge in [-0.2, -0.15) is 0 Å². The highest BCUT2D eigenvalue weighted by atomic mass is 35.5. The van der Waals surface area contributed by atoms with Crippen LogP contribution in [0.3, 0.4) is 0 Å². The lowest BCUT2D eigenvalue weighted by atomic mass is 10.1. The second-order valence-electron chi connectivity index (χ2n) is 6.38. The lowest BCUT2D eigenvalue weighted by Gasteiger charge is -2.36. The molecule has 0 amide bonds. The van der Waals surface area contributed by atoms with E-state index >= 15 is 0 Å². The molecule has 1 aliphatic rings. The Kier molecular flexibility index (Phi) is 4.10. The lowest BCUT2D eigenvalue weighted by Crippen LogP contribution is -2.46. The van der Waals surface area contributed by atoms with Gasteiger partial charge in [-0.3, -0.25) is 0 Å². The zero-order valence-corrected chi connectivity index (χ0v) is 15.5. The van der Waals surface area contributed by atoms with Crippen molar-refractivity contribution in [3.63, 3.8) is 0 Å². The molecule has 24 heavy (non-hydrogen) atoms. The van der Waals surface area contributed by atoms with Crippen LogP contribution in [0.25, 0.3) is 10.2 Å². The molecule has 0 atom stereocenters. The number of thiazole rings is 1. The van der Waals surface area contributed by atoms with E-state index in [1.807, 2.05) is 23.5 Å². The molecule has 1 fully saturated rings. The van der Waals surface area contributed by atoms with E-state index in [2.05, 4.69) is 47.9 Å². The summed E-state index contributed by atoms with van der Waals surface area (Å²) >= 11 is 7.79. The van der Waals surface area contributed by atoms with Crippen LogP contribution in [-0.4, -0.2) is 31.2 Å². The van der Waals surface area contributed by atoms with Crippen molar-refractivity contribution in [3.05, 3.63) is 52.5 Å². The number of halogens is 1. The topological polar surface area (TPSA) is 19.4 Å². The minimum atomic E-state index is 0.789. The zero-order chi connectivity index (χ0) is 16.7. The fraction of sp³-hybridized carbons (Fsp3) is 0.316.